The number of thioether (sulfide) groups is 1. The molecule has 3 N–H and O–H groups in total. The van der Waals surface area contributed by atoms with E-state index in [1.54, 1.807) is 0 Å². The second-order valence-electron chi connectivity index (χ2n) is 7.20. The number of nitrogens with zero attached hydrogens (tertiary/aromatic N) is 2. The molecule has 0 radical (unpaired) electrons. The molecule has 148 valence electrons. The first kappa shape index (κ1) is 19.7. The number of hydrogen-bond acceptors (Lipinski definition) is 6. The first-order valence-electron chi connectivity index (χ1n) is 8.79. The molecule has 2 amide bonds. The second-order valence-corrected chi connectivity index (χ2v) is 8.59. The number of carbonyl (C=O) groups excluding carboxylic acids is 2. The van der Waals surface area contributed by atoms with E-state index in [4.69, 9.17) is 5.11 Å². The summed E-state index contributed by atoms with van der Waals surface area (Å²) in [6, 6.07) is -0.336. The van der Waals surface area contributed by atoms with Gasteiger partial charge in [-0.2, -0.15) is 0 Å². The number of β-lactam (4-membered cyclic amide) rings is 1. The molecule has 3 aliphatic heterocycles. The van der Waals surface area contributed by atoms with Gasteiger partial charge in [0.1, 0.15) is 11.6 Å². The minimum Gasteiger partial charge on any atom is -0.481 e. The van der Waals surface area contributed by atoms with Crippen LogP contribution in [0.15, 0.2) is 10.6 Å². The molecule has 10 heteroatoms. The van der Waals surface area contributed by atoms with Crippen molar-refractivity contribution in [1.29, 1.82) is 0 Å². The summed E-state index contributed by atoms with van der Waals surface area (Å²) in [6.45, 7) is 3.64. The number of aliphatic hydroxyl groups excluding tert-OH is 1. The fraction of sp³-hybridized carbons (Fsp3) is 0.647. The van der Waals surface area contributed by atoms with Gasteiger partial charge < -0.3 is 25.1 Å². The maximum atomic E-state index is 12.2. The van der Waals surface area contributed by atoms with Crippen LogP contribution in [0.25, 0.3) is 0 Å². The van der Waals surface area contributed by atoms with E-state index in [9.17, 15) is 29.4 Å². The number of hydrogen-bond donors (Lipinski definition) is 3. The van der Waals surface area contributed by atoms with Crippen molar-refractivity contribution in [1.82, 2.24) is 9.80 Å². The number of rotatable bonds is 6. The molecular formula is C17H22N2O7S. The van der Waals surface area contributed by atoms with Crippen LogP contribution in [0.5, 0.6) is 0 Å². The molecule has 0 spiro atoms. The summed E-state index contributed by atoms with van der Waals surface area (Å²) < 4.78 is 0. The fourth-order valence-electron chi connectivity index (χ4n) is 3.94. The summed E-state index contributed by atoms with van der Waals surface area (Å²) >= 11 is 1.34. The van der Waals surface area contributed by atoms with E-state index in [1.807, 2.05) is 0 Å². The number of carboxylic acids is 2. The average Bonchev–Trinajstić information content (AvgIpc) is 3.16. The molecule has 0 aromatic heterocycles. The van der Waals surface area contributed by atoms with Gasteiger partial charge in [-0.05, 0) is 20.3 Å². The third-order valence-electron chi connectivity index (χ3n) is 5.40. The van der Waals surface area contributed by atoms with Crippen molar-refractivity contribution < 1.29 is 34.5 Å². The van der Waals surface area contributed by atoms with Crippen LogP contribution in [0.3, 0.4) is 0 Å². The number of amides is 2. The van der Waals surface area contributed by atoms with Crippen molar-refractivity contribution in [2.45, 2.75) is 44.1 Å². The molecule has 0 bridgehead atoms. The van der Waals surface area contributed by atoms with Gasteiger partial charge in [-0.25, -0.2) is 4.79 Å². The van der Waals surface area contributed by atoms with Crippen LogP contribution in [-0.4, -0.2) is 79.4 Å². The molecular weight excluding hydrogens is 376 g/mol. The minimum absolute atomic E-state index is 0.0319. The fourth-order valence-corrected chi connectivity index (χ4v) is 5.39. The Balaban J connectivity index is 1.69. The third kappa shape index (κ3) is 3.31. The molecule has 0 aromatic rings. The summed E-state index contributed by atoms with van der Waals surface area (Å²) in [6.07, 6.45) is 0.163. The van der Waals surface area contributed by atoms with Crippen molar-refractivity contribution in [3.63, 3.8) is 0 Å². The smallest absolute Gasteiger partial charge is 0.353 e. The highest BCUT2D eigenvalue weighted by atomic mass is 32.2. The summed E-state index contributed by atoms with van der Waals surface area (Å²) in [5.41, 5.74) is -0.0319. The van der Waals surface area contributed by atoms with Crippen molar-refractivity contribution in [3.05, 3.63) is 10.6 Å². The van der Waals surface area contributed by atoms with Crippen molar-refractivity contribution in [2.24, 2.45) is 11.8 Å². The lowest BCUT2D eigenvalue weighted by Gasteiger charge is -2.44. The highest BCUT2D eigenvalue weighted by Gasteiger charge is 2.57. The number of fused-ring (bicyclic) bond motifs is 1. The summed E-state index contributed by atoms with van der Waals surface area (Å²) in [7, 11) is 0. The summed E-state index contributed by atoms with van der Waals surface area (Å²) in [5, 5.41) is 28.2. The van der Waals surface area contributed by atoms with Crippen LogP contribution in [0, 0.1) is 11.8 Å². The SMILES string of the molecule is CC(C(=O)O)C(=O)N1CCC(SC2=C(C(=O)O)N3C(=O)C(C(C)O)[C@H]3C2)C1. The van der Waals surface area contributed by atoms with Crippen molar-refractivity contribution in [3.8, 4) is 0 Å². The van der Waals surface area contributed by atoms with E-state index in [0.29, 0.717) is 30.8 Å². The normalized spacial score (nSPS) is 29.4. The molecule has 9 nitrogen and oxygen atoms in total. The molecule has 27 heavy (non-hydrogen) atoms. The number of carbonyl (C=O) groups is 4. The Kier molecular flexibility index (Phi) is 5.22. The van der Waals surface area contributed by atoms with Gasteiger partial charge in [-0.1, -0.05) is 0 Å². The lowest BCUT2D eigenvalue weighted by atomic mass is 9.83. The first-order chi connectivity index (χ1) is 12.6. The molecule has 3 aliphatic rings. The van der Waals surface area contributed by atoms with Gasteiger partial charge in [-0.15, -0.1) is 11.8 Å². The van der Waals surface area contributed by atoms with Gasteiger partial charge >= 0.3 is 11.9 Å². The van der Waals surface area contributed by atoms with Crippen LogP contribution < -0.4 is 0 Å². The molecule has 3 rings (SSSR count). The summed E-state index contributed by atoms with van der Waals surface area (Å²) in [5.74, 6) is -4.87. The van der Waals surface area contributed by atoms with E-state index in [0.717, 1.165) is 0 Å². The molecule has 0 aliphatic carbocycles. The van der Waals surface area contributed by atoms with Crippen LogP contribution in [0.2, 0.25) is 0 Å². The van der Waals surface area contributed by atoms with Gasteiger partial charge in [0.25, 0.3) is 0 Å². The van der Waals surface area contributed by atoms with Gasteiger partial charge in [-0.3, -0.25) is 14.4 Å². The maximum Gasteiger partial charge on any atom is 0.353 e. The Hall–Kier alpha value is -2.07. The molecule has 0 aromatic carbocycles. The standard InChI is InChI=1S/C17H22N2O7S/c1-7(16(23)24)14(21)18-4-3-9(6-18)27-11-5-10-12(8(2)20)15(22)19(10)13(11)17(25)26/h7-10,12,20H,3-6H2,1-2H3,(H,23,24)(H,25,26)/t7?,8?,9?,10-,12?/m1/s1. The van der Waals surface area contributed by atoms with E-state index < -0.39 is 35.8 Å². The second kappa shape index (κ2) is 7.16. The molecule has 5 atom stereocenters. The minimum atomic E-state index is -1.18. The van der Waals surface area contributed by atoms with Gasteiger partial charge in [0.2, 0.25) is 11.8 Å². The zero-order valence-corrected chi connectivity index (χ0v) is 15.8. The predicted molar refractivity (Wildman–Crippen MR) is 94.5 cm³/mol. The Morgan fingerprint density at radius 1 is 1.22 bits per heavy atom. The van der Waals surface area contributed by atoms with Crippen molar-refractivity contribution >= 4 is 35.5 Å². The molecule has 2 saturated heterocycles. The van der Waals surface area contributed by atoms with Crippen molar-refractivity contribution in [2.75, 3.05) is 13.1 Å². The number of aliphatic carboxylic acids is 2. The third-order valence-corrected chi connectivity index (χ3v) is 6.76. The van der Waals surface area contributed by atoms with E-state index in [2.05, 4.69) is 0 Å². The molecule has 2 fully saturated rings. The molecule has 0 saturated carbocycles. The van der Waals surface area contributed by atoms with Crippen LogP contribution in [0.1, 0.15) is 26.7 Å². The number of aliphatic hydroxyl groups is 1. The predicted octanol–water partition coefficient (Wildman–Crippen LogP) is -0.0511. The van der Waals surface area contributed by atoms with E-state index >= 15 is 0 Å². The highest BCUT2D eigenvalue weighted by Crippen LogP contribution is 2.48. The van der Waals surface area contributed by atoms with Gasteiger partial charge in [0.05, 0.1) is 18.1 Å². The lowest BCUT2D eigenvalue weighted by Crippen LogP contribution is -2.61. The van der Waals surface area contributed by atoms with E-state index in [1.165, 1.54) is 35.4 Å². The Morgan fingerprint density at radius 2 is 1.89 bits per heavy atom. The van der Waals surface area contributed by atoms with Gasteiger partial charge in [0.15, 0.2) is 0 Å². The van der Waals surface area contributed by atoms with Gasteiger partial charge in [0, 0.05) is 29.7 Å². The molecule has 3 heterocycles. The zero-order valence-electron chi connectivity index (χ0n) is 15.0. The number of carboxylic acid groups (broad SMARTS) is 2. The monoisotopic (exact) mass is 398 g/mol. The first-order valence-corrected chi connectivity index (χ1v) is 9.67. The average molecular weight is 398 g/mol. The Morgan fingerprint density at radius 3 is 2.44 bits per heavy atom. The Bertz CT molecular complexity index is 735. The van der Waals surface area contributed by atoms with Crippen LogP contribution >= 0.6 is 11.8 Å². The van der Waals surface area contributed by atoms with Crippen LogP contribution in [-0.2, 0) is 19.2 Å². The quantitative estimate of drug-likeness (QED) is 0.419. The lowest BCUT2D eigenvalue weighted by molar-refractivity contribution is -0.161. The zero-order chi connectivity index (χ0) is 20.0. The topological polar surface area (TPSA) is 135 Å². The number of likely N-dealkylation sites (tertiary alicyclic amines) is 1. The van der Waals surface area contributed by atoms with E-state index in [-0.39, 0.29) is 22.9 Å². The Labute approximate surface area is 160 Å². The summed E-state index contributed by atoms with van der Waals surface area (Å²) in [4.78, 5) is 50.4. The van der Waals surface area contributed by atoms with Crippen LogP contribution in [0.4, 0.5) is 0 Å². The maximum absolute atomic E-state index is 12.2. The highest BCUT2D eigenvalue weighted by molar-refractivity contribution is 8.03. The largest absolute Gasteiger partial charge is 0.481 e. The molecule has 4 unspecified atom stereocenters.